The van der Waals surface area contributed by atoms with Gasteiger partial charge in [-0.25, -0.2) is 0 Å². The van der Waals surface area contributed by atoms with Gasteiger partial charge in [-0.3, -0.25) is 9.80 Å². The highest BCUT2D eigenvalue weighted by atomic mass is 15.3. The third kappa shape index (κ3) is 4.00. The second-order valence-corrected chi connectivity index (χ2v) is 7.37. The molecule has 21 heavy (non-hydrogen) atoms. The van der Waals surface area contributed by atoms with E-state index in [1.165, 1.54) is 45.4 Å². The Morgan fingerprint density at radius 3 is 2.43 bits per heavy atom. The van der Waals surface area contributed by atoms with E-state index in [1.54, 1.807) is 0 Å². The fraction of sp³-hybridized carbons (Fsp3) is 1.00. The predicted octanol–water partition coefficient (Wildman–Crippen LogP) is 2.82. The van der Waals surface area contributed by atoms with Crippen LogP contribution in [-0.4, -0.2) is 60.6 Å². The first-order valence-electron chi connectivity index (χ1n) is 9.32. The summed E-state index contributed by atoms with van der Waals surface area (Å²) in [6.45, 7) is 17.9. The van der Waals surface area contributed by atoms with E-state index in [2.05, 4.69) is 49.7 Å². The molecule has 0 radical (unpaired) electrons. The van der Waals surface area contributed by atoms with Gasteiger partial charge in [0.15, 0.2) is 0 Å². The lowest BCUT2D eigenvalue weighted by atomic mass is 9.76. The van der Waals surface area contributed by atoms with Gasteiger partial charge >= 0.3 is 0 Å². The molecule has 0 bridgehead atoms. The molecule has 5 atom stereocenters. The molecule has 0 aromatic carbocycles. The second-order valence-electron chi connectivity index (χ2n) is 7.37. The van der Waals surface area contributed by atoms with Gasteiger partial charge in [0, 0.05) is 31.2 Å². The molecule has 1 N–H and O–H groups in total. The minimum absolute atomic E-state index is 0.698. The van der Waals surface area contributed by atoms with Gasteiger partial charge in [0.25, 0.3) is 0 Å². The van der Waals surface area contributed by atoms with Crippen molar-refractivity contribution in [2.45, 2.75) is 72.0 Å². The molecule has 3 nitrogen and oxygen atoms in total. The Hall–Kier alpha value is -0.120. The van der Waals surface area contributed by atoms with Crippen molar-refractivity contribution in [2.75, 3.05) is 32.7 Å². The van der Waals surface area contributed by atoms with Gasteiger partial charge in [-0.05, 0) is 50.7 Å². The number of hydrogen-bond acceptors (Lipinski definition) is 3. The molecule has 1 heterocycles. The van der Waals surface area contributed by atoms with Crippen LogP contribution < -0.4 is 5.32 Å². The van der Waals surface area contributed by atoms with Crippen molar-refractivity contribution >= 4 is 0 Å². The van der Waals surface area contributed by atoms with Crippen molar-refractivity contribution < 1.29 is 0 Å². The Kier molecular flexibility index (Phi) is 6.51. The molecule has 1 aliphatic carbocycles. The highest BCUT2D eigenvalue weighted by Gasteiger charge is 2.40. The predicted molar refractivity (Wildman–Crippen MR) is 91.7 cm³/mol. The topological polar surface area (TPSA) is 18.5 Å². The SMILES string of the molecule is CCNC1CC(C)CC(C)C1N1CCC(N(CC)CC)C1. The number of nitrogens with zero attached hydrogens (tertiary/aromatic N) is 2. The Labute approximate surface area is 132 Å². The van der Waals surface area contributed by atoms with E-state index in [9.17, 15) is 0 Å². The maximum absolute atomic E-state index is 3.79. The molecule has 1 saturated heterocycles. The van der Waals surface area contributed by atoms with E-state index < -0.39 is 0 Å². The molecule has 1 aliphatic heterocycles. The van der Waals surface area contributed by atoms with Crippen molar-refractivity contribution in [3.8, 4) is 0 Å². The Morgan fingerprint density at radius 2 is 1.81 bits per heavy atom. The van der Waals surface area contributed by atoms with Crippen LogP contribution in [0.4, 0.5) is 0 Å². The van der Waals surface area contributed by atoms with Crippen LogP contribution in [0.3, 0.4) is 0 Å². The lowest BCUT2D eigenvalue weighted by Crippen LogP contribution is -2.56. The van der Waals surface area contributed by atoms with E-state index in [4.69, 9.17) is 0 Å². The molecule has 3 heteroatoms. The molecule has 5 unspecified atom stereocenters. The Balaban J connectivity index is 2.01. The van der Waals surface area contributed by atoms with E-state index in [0.717, 1.165) is 30.5 Å². The fourth-order valence-corrected chi connectivity index (χ4v) is 5.00. The van der Waals surface area contributed by atoms with Crippen LogP contribution in [0.5, 0.6) is 0 Å². The van der Waals surface area contributed by atoms with Crippen molar-refractivity contribution in [1.82, 2.24) is 15.1 Å². The smallest absolute Gasteiger partial charge is 0.0275 e. The van der Waals surface area contributed by atoms with E-state index in [-0.39, 0.29) is 0 Å². The van der Waals surface area contributed by atoms with Crippen LogP contribution >= 0.6 is 0 Å². The summed E-state index contributed by atoms with van der Waals surface area (Å²) >= 11 is 0. The van der Waals surface area contributed by atoms with Gasteiger partial charge in [0.05, 0.1) is 0 Å². The molecule has 2 aliphatic rings. The molecule has 0 aromatic rings. The summed E-state index contributed by atoms with van der Waals surface area (Å²) in [4.78, 5) is 5.46. The zero-order chi connectivity index (χ0) is 15.4. The molecule has 1 saturated carbocycles. The monoisotopic (exact) mass is 295 g/mol. The first-order chi connectivity index (χ1) is 10.1. The van der Waals surface area contributed by atoms with Crippen LogP contribution in [0.1, 0.15) is 53.9 Å². The highest BCUT2D eigenvalue weighted by molar-refractivity contribution is 4.97. The number of likely N-dealkylation sites (tertiary alicyclic amines) is 1. The lowest BCUT2D eigenvalue weighted by molar-refractivity contribution is 0.0726. The van der Waals surface area contributed by atoms with Gasteiger partial charge in [-0.1, -0.05) is 34.6 Å². The van der Waals surface area contributed by atoms with Crippen LogP contribution in [0.25, 0.3) is 0 Å². The van der Waals surface area contributed by atoms with Crippen LogP contribution in [-0.2, 0) is 0 Å². The summed E-state index contributed by atoms with van der Waals surface area (Å²) in [6.07, 6.45) is 4.12. The zero-order valence-electron chi connectivity index (χ0n) is 14.9. The van der Waals surface area contributed by atoms with Crippen molar-refractivity contribution in [2.24, 2.45) is 11.8 Å². The molecular formula is C18H37N3. The molecule has 2 fully saturated rings. The minimum atomic E-state index is 0.698. The summed E-state index contributed by atoms with van der Waals surface area (Å²) in [5.74, 6) is 1.70. The quantitative estimate of drug-likeness (QED) is 0.813. The molecule has 0 spiro atoms. The minimum Gasteiger partial charge on any atom is -0.313 e. The van der Waals surface area contributed by atoms with Gasteiger partial charge in [-0.15, -0.1) is 0 Å². The van der Waals surface area contributed by atoms with E-state index >= 15 is 0 Å². The van der Waals surface area contributed by atoms with Gasteiger partial charge in [0.1, 0.15) is 0 Å². The largest absolute Gasteiger partial charge is 0.313 e. The number of nitrogens with one attached hydrogen (secondary N) is 1. The number of likely N-dealkylation sites (N-methyl/N-ethyl adjacent to an activating group) is 2. The van der Waals surface area contributed by atoms with Gasteiger partial charge in [-0.2, -0.15) is 0 Å². The number of hydrogen-bond donors (Lipinski definition) is 1. The van der Waals surface area contributed by atoms with E-state index in [0.29, 0.717) is 6.04 Å². The van der Waals surface area contributed by atoms with Crippen molar-refractivity contribution in [1.29, 1.82) is 0 Å². The zero-order valence-corrected chi connectivity index (χ0v) is 14.9. The molecule has 2 rings (SSSR count). The Bertz CT molecular complexity index is 303. The van der Waals surface area contributed by atoms with Gasteiger partial charge in [0.2, 0.25) is 0 Å². The van der Waals surface area contributed by atoms with E-state index in [1.807, 2.05) is 0 Å². The van der Waals surface area contributed by atoms with Gasteiger partial charge < -0.3 is 5.32 Å². The molecule has 0 amide bonds. The maximum Gasteiger partial charge on any atom is 0.0275 e. The Morgan fingerprint density at radius 1 is 1.10 bits per heavy atom. The summed E-state index contributed by atoms with van der Waals surface area (Å²) in [5.41, 5.74) is 0. The fourth-order valence-electron chi connectivity index (χ4n) is 5.00. The molecule has 0 aromatic heterocycles. The lowest BCUT2D eigenvalue weighted by Gasteiger charge is -2.45. The van der Waals surface area contributed by atoms with Crippen LogP contribution in [0.2, 0.25) is 0 Å². The van der Waals surface area contributed by atoms with Crippen molar-refractivity contribution in [3.63, 3.8) is 0 Å². The summed E-state index contributed by atoms with van der Waals surface area (Å²) in [7, 11) is 0. The first-order valence-corrected chi connectivity index (χ1v) is 9.32. The summed E-state index contributed by atoms with van der Waals surface area (Å²) in [6, 6.07) is 2.24. The van der Waals surface area contributed by atoms with Crippen LogP contribution in [0, 0.1) is 11.8 Å². The average molecular weight is 296 g/mol. The summed E-state index contributed by atoms with van der Waals surface area (Å²) < 4.78 is 0. The third-order valence-corrected chi connectivity index (χ3v) is 5.84. The standard InChI is InChI=1S/C18H37N3/c1-6-19-17-12-14(4)11-15(5)18(17)21-10-9-16(13-21)20(7-2)8-3/h14-19H,6-13H2,1-5H3. The van der Waals surface area contributed by atoms with Crippen LogP contribution in [0.15, 0.2) is 0 Å². The second kappa shape index (κ2) is 7.94. The first kappa shape index (κ1) is 17.2. The average Bonchev–Trinajstić information content (AvgIpc) is 2.89. The maximum atomic E-state index is 3.79. The molecule has 124 valence electrons. The molecular weight excluding hydrogens is 258 g/mol. The van der Waals surface area contributed by atoms with Crippen molar-refractivity contribution in [3.05, 3.63) is 0 Å². The highest BCUT2D eigenvalue weighted by Crippen LogP contribution is 2.34. The third-order valence-electron chi connectivity index (χ3n) is 5.84. The normalized spacial score (nSPS) is 38.3. The number of rotatable bonds is 6. The summed E-state index contributed by atoms with van der Waals surface area (Å²) in [5, 5.41) is 3.79.